The fraction of sp³-hybridized carbons (Fsp3) is 0.462. The maximum absolute atomic E-state index is 12.8. The third-order valence-electron chi connectivity index (χ3n) is 6.28. The van der Waals surface area contributed by atoms with Crippen molar-refractivity contribution in [1.82, 2.24) is 4.90 Å². The van der Waals surface area contributed by atoms with Crippen molar-refractivity contribution in [3.05, 3.63) is 42.0 Å². The van der Waals surface area contributed by atoms with Gasteiger partial charge in [-0.15, -0.1) is 0 Å². The molecule has 1 N–H and O–H groups in total. The molecule has 0 bridgehead atoms. The van der Waals surface area contributed by atoms with Gasteiger partial charge in [0.05, 0.1) is 33.1 Å². The fourth-order valence-electron chi connectivity index (χ4n) is 4.30. The van der Waals surface area contributed by atoms with E-state index in [1.54, 1.807) is 32.1 Å². The Morgan fingerprint density at radius 2 is 1.83 bits per heavy atom. The Bertz CT molecular complexity index is 1050. The van der Waals surface area contributed by atoms with Crippen molar-refractivity contribution in [2.24, 2.45) is 0 Å². The number of nitrogens with zero attached hydrogens (tertiary/aromatic N) is 2. The summed E-state index contributed by atoms with van der Waals surface area (Å²) in [5.74, 6) is 1.72. The Kier molecular flexibility index (Phi) is 8.09. The predicted molar refractivity (Wildman–Crippen MR) is 133 cm³/mol. The molecule has 35 heavy (non-hydrogen) atoms. The highest BCUT2D eigenvalue weighted by atomic mass is 16.5. The van der Waals surface area contributed by atoms with E-state index in [0.29, 0.717) is 42.3 Å². The fourth-order valence-corrected chi connectivity index (χ4v) is 4.30. The number of hydrogen-bond donors (Lipinski definition) is 1. The van der Waals surface area contributed by atoms with Gasteiger partial charge in [0.2, 0.25) is 5.91 Å². The van der Waals surface area contributed by atoms with Crippen LogP contribution in [0.1, 0.15) is 18.9 Å². The molecule has 9 heteroatoms. The van der Waals surface area contributed by atoms with E-state index in [-0.39, 0.29) is 11.8 Å². The smallest absolute Gasteiger partial charge is 0.267 e. The lowest BCUT2D eigenvalue weighted by Crippen LogP contribution is -2.48. The van der Waals surface area contributed by atoms with Crippen LogP contribution in [0.3, 0.4) is 0 Å². The standard InChI is InChI=1S/C26H33N3O6/c1-18-26(31)29(11-10-28-12-14-34-15-13-28)21-7-6-20(17-23(21)35-18)27-25(30)9-5-19-4-8-22(32-2)24(16-19)33-3/h4,6-8,16-18H,5,9-15H2,1-3H3,(H,27,30). The SMILES string of the molecule is COc1ccc(CCC(=O)Nc2ccc3c(c2)OC(C)C(=O)N3CCN2CCOCC2)cc1OC. The molecule has 1 atom stereocenters. The van der Waals surface area contributed by atoms with Crippen LogP contribution < -0.4 is 24.4 Å². The molecule has 1 saturated heterocycles. The van der Waals surface area contributed by atoms with Gasteiger partial charge in [0.25, 0.3) is 5.91 Å². The molecule has 1 unspecified atom stereocenters. The molecular formula is C26H33N3O6. The number of methoxy groups -OCH3 is 2. The first-order valence-corrected chi connectivity index (χ1v) is 11.9. The van der Waals surface area contributed by atoms with E-state index in [9.17, 15) is 9.59 Å². The molecule has 0 saturated carbocycles. The van der Waals surface area contributed by atoms with Crippen LogP contribution in [0, 0.1) is 0 Å². The molecule has 2 aliphatic heterocycles. The van der Waals surface area contributed by atoms with Gasteiger partial charge in [-0.1, -0.05) is 6.07 Å². The van der Waals surface area contributed by atoms with E-state index < -0.39 is 6.10 Å². The summed E-state index contributed by atoms with van der Waals surface area (Å²) in [6.45, 7) is 6.29. The van der Waals surface area contributed by atoms with Crippen molar-refractivity contribution in [2.45, 2.75) is 25.9 Å². The monoisotopic (exact) mass is 483 g/mol. The quantitative estimate of drug-likeness (QED) is 0.587. The van der Waals surface area contributed by atoms with Crippen LogP contribution in [0.25, 0.3) is 0 Å². The lowest BCUT2D eigenvalue weighted by molar-refractivity contribution is -0.125. The van der Waals surface area contributed by atoms with Crippen LogP contribution in [0.15, 0.2) is 36.4 Å². The van der Waals surface area contributed by atoms with Crippen LogP contribution in [0.4, 0.5) is 11.4 Å². The van der Waals surface area contributed by atoms with E-state index in [2.05, 4.69) is 10.2 Å². The van der Waals surface area contributed by atoms with Crippen molar-refractivity contribution < 1.29 is 28.5 Å². The molecule has 0 spiro atoms. The normalized spacial score (nSPS) is 18.0. The second-order valence-corrected chi connectivity index (χ2v) is 8.62. The first-order chi connectivity index (χ1) is 17.0. The number of carbonyl (C=O) groups excluding carboxylic acids is 2. The summed E-state index contributed by atoms with van der Waals surface area (Å²) in [4.78, 5) is 29.5. The number of rotatable bonds is 9. The highest BCUT2D eigenvalue weighted by Gasteiger charge is 2.32. The number of morpholine rings is 1. The Labute approximate surface area is 205 Å². The summed E-state index contributed by atoms with van der Waals surface area (Å²) in [5.41, 5.74) is 2.34. The van der Waals surface area contributed by atoms with E-state index >= 15 is 0 Å². The van der Waals surface area contributed by atoms with Crippen LogP contribution in [0.5, 0.6) is 17.2 Å². The Balaban J connectivity index is 1.37. The van der Waals surface area contributed by atoms with Crippen molar-refractivity contribution in [2.75, 3.05) is 63.8 Å². The molecule has 2 aromatic rings. The highest BCUT2D eigenvalue weighted by Crippen LogP contribution is 2.36. The second kappa shape index (κ2) is 11.4. The number of benzene rings is 2. The number of carbonyl (C=O) groups is 2. The molecule has 2 amide bonds. The van der Waals surface area contributed by atoms with E-state index in [0.717, 1.165) is 44.1 Å². The summed E-state index contributed by atoms with van der Waals surface area (Å²) in [7, 11) is 3.18. The summed E-state index contributed by atoms with van der Waals surface area (Å²) < 4.78 is 21.9. The van der Waals surface area contributed by atoms with Crippen molar-refractivity contribution in [1.29, 1.82) is 0 Å². The van der Waals surface area contributed by atoms with Gasteiger partial charge < -0.3 is 29.2 Å². The zero-order chi connectivity index (χ0) is 24.8. The van der Waals surface area contributed by atoms with Gasteiger partial charge in [-0.2, -0.15) is 0 Å². The number of nitrogens with one attached hydrogen (secondary N) is 1. The first-order valence-electron chi connectivity index (χ1n) is 11.9. The van der Waals surface area contributed by atoms with Gasteiger partial charge in [0, 0.05) is 44.4 Å². The maximum Gasteiger partial charge on any atom is 0.267 e. The number of ether oxygens (including phenoxy) is 4. The molecule has 2 aromatic carbocycles. The van der Waals surface area contributed by atoms with Crippen molar-refractivity contribution >= 4 is 23.2 Å². The minimum atomic E-state index is -0.580. The van der Waals surface area contributed by atoms with Crippen LogP contribution >= 0.6 is 0 Å². The van der Waals surface area contributed by atoms with Gasteiger partial charge in [-0.25, -0.2) is 0 Å². The molecule has 0 aromatic heterocycles. The summed E-state index contributed by atoms with van der Waals surface area (Å²) in [5, 5.41) is 2.94. The molecule has 2 aliphatic rings. The average Bonchev–Trinajstić information content (AvgIpc) is 2.88. The van der Waals surface area contributed by atoms with Gasteiger partial charge in [0.1, 0.15) is 5.75 Å². The topological polar surface area (TPSA) is 89.6 Å². The predicted octanol–water partition coefficient (Wildman–Crippen LogP) is 2.72. The minimum Gasteiger partial charge on any atom is -0.493 e. The molecule has 0 aliphatic carbocycles. The van der Waals surface area contributed by atoms with Gasteiger partial charge in [0.15, 0.2) is 17.6 Å². The van der Waals surface area contributed by atoms with Crippen LogP contribution in [-0.2, 0) is 20.7 Å². The Morgan fingerprint density at radius 1 is 1.06 bits per heavy atom. The number of hydrogen-bond acceptors (Lipinski definition) is 7. The number of amides is 2. The molecule has 0 radical (unpaired) electrons. The molecular weight excluding hydrogens is 450 g/mol. The summed E-state index contributed by atoms with van der Waals surface area (Å²) in [6.07, 6.45) is 0.297. The molecule has 2 heterocycles. The Morgan fingerprint density at radius 3 is 2.57 bits per heavy atom. The second-order valence-electron chi connectivity index (χ2n) is 8.62. The van der Waals surface area contributed by atoms with Crippen molar-refractivity contribution in [3.8, 4) is 17.2 Å². The molecule has 188 valence electrons. The van der Waals surface area contributed by atoms with E-state index in [1.807, 2.05) is 30.3 Å². The van der Waals surface area contributed by atoms with Gasteiger partial charge >= 0.3 is 0 Å². The molecule has 1 fully saturated rings. The average molecular weight is 484 g/mol. The van der Waals surface area contributed by atoms with Gasteiger partial charge in [-0.05, 0) is 43.2 Å². The first kappa shape index (κ1) is 24.8. The van der Waals surface area contributed by atoms with Crippen LogP contribution in [-0.4, -0.2) is 76.4 Å². The lowest BCUT2D eigenvalue weighted by atomic mass is 10.1. The van der Waals surface area contributed by atoms with E-state index in [4.69, 9.17) is 18.9 Å². The third-order valence-corrected chi connectivity index (χ3v) is 6.28. The Hall–Kier alpha value is -3.30. The lowest BCUT2D eigenvalue weighted by Gasteiger charge is -2.35. The summed E-state index contributed by atoms with van der Waals surface area (Å²) >= 11 is 0. The number of aryl methyl sites for hydroxylation is 1. The number of fused-ring (bicyclic) bond motifs is 1. The zero-order valence-corrected chi connectivity index (χ0v) is 20.5. The molecule has 9 nitrogen and oxygen atoms in total. The summed E-state index contributed by atoms with van der Waals surface area (Å²) in [6, 6.07) is 11.1. The third kappa shape index (κ3) is 6.04. The largest absolute Gasteiger partial charge is 0.493 e. The highest BCUT2D eigenvalue weighted by molar-refractivity contribution is 6.00. The minimum absolute atomic E-state index is 0.0579. The maximum atomic E-state index is 12.8. The molecule has 4 rings (SSSR count). The van der Waals surface area contributed by atoms with Crippen LogP contribution in [0.2, 0.25) is 0 Å². The zero-order valence-electron chi connectivity index (χ0n) is 20.5. The number of anilines is 2. The van der Waals surface area contributed by atoms with E-state index in [1.165, 1.54) is 0 Å². The van der Waals surface area contributed by atoms with Gasteiger partial charge in [-0.3, -0.25) is 14.5 Å². The van der Waals surface area contributed by atoms with Crippen molar-refractivity contribution in [3.63, 3.8) is 0 Å².